The van der Waals surface area contributed by atoms with Crippen molar-refractivity contribution < 1.29 is 9.53 Å². The molecule has 0 amide bonds. The van der Waals surface area contributed by atoms with Gasteiger partial charge in [-0.2, -0.15) is 0 Å². The number of ether oxygens (including phenoxy) is 1. The molecule has 0 aliphatic rings. The van der Waals surface area contributed by atoms with E-state index in [1.54, 1.807) is 0 Å². The molecule has 0 spiro atoms. The molecule has 0 aromatic carbocycles. The van der Waals surface area contributed by atoms with Crippen LogP contribution in [0.3, 0.4) is 0 Å². The van der Waals surface area contributed by atoms with Gasteiger partial charge >= 0.3 is 0 Å². The maximum absolute atomic E-state index is 9.61. The lowest BCUT2D eigenvalue weighted by atomic mass is 10.5. The second-order valence-electron chi connectivity index (χ2n) is 1.05. The van der Waals surface area contributed by atoms with E-state index in [0.717, 1.165) is 6.29 Å². The molecule has 0 bridgehead atoms. The van der Waals surface area contributed by atoms with Crippen molar-refractivity contribution >= 4 is 17.9 Å². The molecule has 0 aliphatic carbocycles. The minimum atomic E-state index is -0.447. The van der Waals surface area contributed by atoms with E-state index < -0.39 is 5.56 Å². The molecule has 0 radical (unpaired) electrons. The van der Waals surface area contributed by atoms with E-state index in [1.807, 2.05) is 0 Å². The summed E-state index contributed by atoms with van der Waals surface area (Å²) in [6.45, 7) is 0. The molecule has 0 N–H and O–H groups in total. The van der Waals surface area contributed by atoms with Crippen LogP contribution in [0.5, 0.6) is 0 Å². The van der Waals surface area contributed by atoms with Crippen LogP contribution in [-0.4, -0.2) is 19.0 Å². The van der Waals surface area contributed by atoms with E-state index >= 15 is 0 Å². The van der Waals surface area contributed by atoms with E-state index in [0.29, 0.717) is 0 Å². The first-order chi connectivity index (χ1) is 3.31. The highest BCUT2D eigenvalue weighted by molar-refractivity contribution is 6.20. The zero-order valence-corrected chi connectivity index (χ0v) is 4.81. The predicted octanol–water partition coefficient (Wildman–Crippen LogP) is 0.787. The summed E-state index contributed by atoms with van der Waals surface area (Å²) >= 11 is 5.31. The number of carbonyl (C=O) groups excluding carboxylic acids is 1. The van der Waals surface area contributed by atoms with Gasteiger partial charge in [0.25, 0.3) is 0 Å². The summed E-state index contributed by atoms with van der Waals surface area (Å²) in [7, 11) is 1.46. The van der Waals surface area contributed by atoms with E-state index in [2.05, 4.69) is 4.74 Å². The number of aldehydes is 1. The summed E-state index contributed by atoms with van der Waals surface area (Å²) in [5, 5.41) is 0. The SMILES string of the molecule is COC(Cl)CC=O. The Morgan fingerprint density at radius 1 is 2.00 bits per heavy atom. The van der Waals surface area contributed by atoms with Crippen LogP contribution in [0.1, 0.15) is 6.42 Å². The fraction of sp³-hybridized carbons (Fsp3) is 0.750. The van der Waals surface area contributed by atoms with Crippen LogP contribution < -0.4 is 0 Å². The topological polar surface area (TPSA) is 26.3 Å². The smallest absolute Gasteiger partial charge is 0.137 e. The molecule has 42 valence electrons. The number of methoxy groups -OCH3 is 1. The second kappa shape index (κ2) is 4.09. The van der Waals surface area contributed by atoms with Gasteiger partial charge in [-0.1, -0.05) is 11.6 Å². The van der Waals surface area contributed by atoms with Gasteiger partial charge in [-0.3, -0.25) is 0 Å². The maximum Gasteiger partial charge on any atom is 0.137 e. The summed E-state index contributed by atoms with van der Waals surface area (Å²) in [4.78, 5) is 9.61. The van der Waals surface area contributed by atoms with Crippen LogP contribution in [0.2, 0.25) is 0 Å². The van der Waals surface area contributed by atoms with Gasteiger partial charge in [0.2, 0.25) is 0 Å². The monoisotopic (exact) mass is 122 g/mol. The molecular weight excluding hydrogens is 115 g/mol. The van der Waals surface area contributed by atoms with Gasteiger partial charge in [-0.25, -0.2) is 0 Å². The van der Waals surface area contributed by atoms with Crippen molar-refractivity contribution in [2.75, 3.05) is 7.11 Å². The van der Waals surface area contributed by atoms with E-state index in [1.165, 1.54) is 7.11 Å². The first-order valence-electron chi connectivity index (χ1n) is 1.91. The summed E-state index contributed by atoms with van der Waals surface area (Å²) < 4.78 is 4.52. The van der Waals surface area contributed by atoms with E-state index in [-0.39, 0.29) is 6.42 Å². The second-order valence-corrected chi connectivity index (χ2v) is 1.53. The maximum atomic E-state index is 9.61. The Morgan fingerprint density at radius 2 is 2.57 bits per heavy atom. The standard InChI is InChI=1S/C4H7ClO2/c1-7-4(5)2-3-6/h3-4H,2H2,1H3. The van der Waals surface area contributed by atoms with E-state index in [4.69, 9.17) is 11.6 Å². The van der Waals surface area contributed by atoms with Crippen LogP contribution in [-0.2, 0) is 9.53 Å². The third kappa shape index (κ3) is 3.76. The lowest BCUT2D eigenvalue weighted by Gasteiger charge is -1.97. The quantitative estimate of drug-likeness (QED) is 0.409. The van der Waals surface area contributed by atoms with Crippen LogP contribution >= 0.6 is 11.6 Å². The third-order valence-electron chi connectivity index (χ3n) is 0.537. The van der Waals surface area contributed by atoms with Crippen LogP contribution in [0, 0.1) is 0 Å². The highest BCUT2D eigenvalue weighted by Gasteiger charge is 1.96. The lowest BCUT2D eigenvalue weighted by Crippen LogP contribution is -2.00. The first kappa shape index (κ1) is 6.92. The van der Waals surface area contributed by atoms with E-state index in [9.17, 15) is 4.79 Å². The van der Waals surface area contributed by atoms with Crippen molar-refractivity contribution in [2.45, 2.75) is 12.0 Å². The zero-order chi connectivity index (χ0) is 5.70. The predicted molar refractivity (Wildman–Crippen MR) is 27.3 cm³/mol. The normalized spacial score (nSPS) is 13.4. The Bertz CT molecular complexity index is 55.7. The number of alkyl halides is 1. The molecule has 0 rings (SSSR count). The summed E-state index contributed by atoms with van der Waals surface area (Å²) in [5.41, 5.74) is -0.447. The Kier molecular flexibility index (Phi) is 4.04. The molecular formula is C4H7ClO2. The largest absolute Gasteiger partial charge is 0.365 e. The van der Waals surface area contributed by atoms with Crippen molar-refractivity contribution in [3.05, 3.63) is 0 Å². The van der Waals surface area contributed by atoms with Gasteiger partial charge in [0.05, 0.1) is 0 Å². The van der Waals surface area contributed by atoms with Crippen molar-refractivity contribution in [1.29, 1.82) is 0 Å². The fourth-order valence-electron chi connectivity index (χ4n) is 0.172. The fourth-order valence-corrected chi connectivity index (χ4v) is 0.245. The average Bonchev–Trinajstić information content (AvgIpc) is 1.68. The molecule has 0 fully saturated rings. The van der Waals surface area contributed by atoms with Crippen molar-refractivity contribution in [2.24, 2.45) is 0 Å². The first-order valence-corrected chi connectivity index (χ1v) is 2.35. The Morgan fingerprint density at radius 3 is 2.71 bits per heavy atom. The Hall–Kier alpha value is -0.0800. The molecule has 1 unspecified atom stereocenters. The van der Waals surface area contributed by atoms with Gasteiger partial charge in [0, 0.05) is 13.5 Å². The molecule has 1 atom stereocenters. The van der Waals surface area contributed by atoms with Gasteiger partial charge in [-0.15, -0.1) is 0 Å². The highest BCUT2D eigenvalue weighted by Crippen LogP contribution is 1.97. The summed E-state index contributed by atoms with van der Waals surface area (Å²) in [6, 6.07) is 0. The number of hydrogen-bond donors (Lipinski definition) is 0. The van der Waals surface area contributed by atoms with Crippen LogP contribution in [0.25, 0.3) is 0 Å². The summed E-state index contributed by atoms with van der Waals surface area (Å²) in [6.07, 6.45) is 0.985. The molecule has 0 aromatic heterocycles. The highest BCUT2D eigenvalue weighted by atomic mass is 35.5. The molecule has 0 aromatic rings. The van der Waals surface area contributed by atoms with Crippen molar-refractivity contribution in [1.82, 2.24) is 0 Å². The lowest BCUT2D eigenvalue weighted by molar-refractivity contribution is -0.109. The number of carbonyl (C=O) groups is 1. The molecule has 7 heavy (non-hydrogen) atoms. The minimum Gasteiger partial charge on any atom is -0.365 e. The Balaban J connectivity index is 2.98. The average molecular weight is 123 g/mol. The van der Waals surface area contributed by atoms with Crippen LogP contribution in [0.4, 0.5) is 0 Å². The molecule has 3 heteroatoms. The minimum absolute atomic E-state index is 0.262. The molecule has 2 nitrogen and oxygen atoms in total. The third-order valence-corrected chi connectivity index (χ3v) is 0.894. The van der Waals surface area contributed by atoms with Crippen LogP contribution in [0.15, 0.2) is 0 Å². The molecule has 0 saturated carbocycles. The number of rotatable bonds is 3. The molecule has 0 aliphatic heterocycles. The number of halogens is 1. The zero-order valence-electron chi connectivity index (χ0n) is 4.06. The van der Waals surface area contributed by atoms with Gasteiger partial charge in [0.1, 0.15) is 11.8 Å². The van der Waals surface area contributed by atoms with Crippen molar-refractivity contribution in [3.8, 4) is 0 Å². The van der Waals surface area contributed by atoms with Gasteiger partial charge < -0.3 is 9.53 Å². The van der Waals surface area contributed by atoms with Crippen molar-refractivity contribution in [3.63, 3.8) is 0 Å². The molecule has 0 saturated heterocycles. The number of hydrogen-bond acceptors (Lipinski definition) is 2. The molecule has 0 heterocycles. The van der Waals surface area contributed by atoms with Gasteiger partial charge in [0.15, 0.2) is 0 Å². The Labute approximate surface area is 47.4 Å². The summed E-state index contributed by atoms with van der Waals surface area (Å²) in [5.74, 6) is 0. The van der Waals surface area contributed by atoms with Gasteiger partial charge in [-0.05, 0) is 0 Å².